The van der Waals surface area contributed by atoms with Crippen LogP contribution in [0.3, 0.4) is 0 Å². The summed E-state index contributed by atoms with van der Waals surface area (Å²) in [4.78, 5) is 0. The highest BCUT2D eigenvalue weighted by atomic mass is 79.9. The van der Waals surface area contributed by atoms with Gasteiger partial charge < -0.3 is 10.1 Å². The average molecular weight is 254 g/mol. The molecule has 0 spiro atoms. The van der Waals surface area contributed by atoms with Crippen LogP contribution in [0, 0.1) is 12.3 Å². The van der Waals surface area contributed by atoms with Gasteiger partial charge in [0, 0.05) is 17.4 Å². The molecule has 3 heteroatoms. The lowest BCUT2D eigenvalue weighted by Gasteiger charge is -2.10. The number of halogens is 1. The number of anilines is 1. The first-order valence-corrected chi connectivity index (χ1v) is 5.08. The van der Waals surface area contributed by atoms with Crippen molar-refractivity contribution in [2.75, 3.05) is 19.0 Å². The molecule has 14 heavy (non-hydrogen) atoms. The fourth-order valence-corrected chi connectivity index (χ4v) is 1.45. The molecular formula is C11H12BrNO. The summed E-state index contributed by atoms with van der Waals surface area (Å²) in [6.07, 6.45) is 5.87. The van der Waals surface area contributed by atoms with Gasteiger partial charge in [-0.3, -0.25) is 0 Å². The summed E-state index contributed by atoms with van der Waals surface area (Å²) in [5.74, 6) is 3.40. The van der Waals surface area contributed by atoms with Crippen molar-refractivity contribution in [3.05, 3.63) is 22.7 Å². The van der Waals surface area contributed by atoms with Crippen molar-refractivity contribution >= 4 is 21.6 Å². The van der Waals surface area contributed by atoms with E-state index in [1.54, 1.807) is 7.11 Å². The number of benzene rings is 1. The van der Waals surface area contributed by atoms with Crippen LogP contribution < -0.4 is 10.1 Å². The Kier molecular flexibility index (Phi) is 4.34. The van der Waals surface area contributed by atoms with Gasteiger partial charge in [0.05, 0.1) is 12.8 Å². The van der Waals surface area contributed by atoms with Gasteiger partial charge in [0.2, 0.25) is 0 Å². The molecule has 1 aromatic rings. The Morgan fingerprint density at radius 2 is 2.36 bits per heavy atom. The van der Waals surface area contributed by atoms with Crippen molar-refractivity contribution in [2.45, 2.75) is 6.42 Å². The Morgan fingerprint density at radius 3 is 3.00 bits per heavy atom. The van der Waals surface area contributed by atoms with Crippen LogP contribution in [0.4, 0.5) is 5.69 Å². The summed E-state index contributed by atoms with van der Waals surface area (Å²) >= 11 is 3.40. The van der Waals surface area contributed by atoms with Crippen LogP contribution in [0.15, 0.2) is 22.7 Å². The molecule has 0 amide bonds. The van der Waals surface area contributed by atoms with E-state index in [0.29, 0.717) is 6.42 Å². The molecule has 0 aliphatic carbocycles. The maximum Gasteiger partial charge on any atom is 0.142 e. The lowest BCUT2D eigenvalue weighted by Crippen LogP contribution is -2.02. The minimum absolute atomic E-state index is 0.704. The molecule has 0 aromatic heterocycles. The number of methoxy groups -OCH3 is 1. The van der Waals surface area contributed by atoms with Gasteiger partial charge in [-0.05, 0) is 18.2 Å². The summed E-state index contributed by atoms with van der Waals surface area (Å²) < 4.78 is 6.21. The molecule has 0 aliphatic rings. The highest BCUT2D eigenvalue weighted by molar-refractivity contribution is 9.10. The SMILES string of the molecule is C#CCCNc1cc(Br)ccc1OC. The first-order valence-electron chi connectivity index (χ1n) is 4.29. The highest BCUT2D eigenvalue weighted by Crippen LogP contribution is 2.27. The minimum atomic E-state index is 0.704. The van der Waals surface area contributed by atoms with E-state index in [4.69, 9.17) is 11.2 Å². The molecule has 0 fully saturated rings. The van der Waals surface area contributed by atoms with Gasteiger partial charge in [0.25, 0.3) is 0 Å². The van der Waals surface area contributed by atoms with Crippen LogP contribution in [0.5, 0.6) is 5.75 Å². The van der Waals surface area contributed by atoms with Crippen LogP contribution >= 0.6 is 15.9 Å². The monoisotopic (exact) mass is 253 g/mol. The number of hydrogen-bond acceptors (Lipinski definition) is 2. The molecule has 1 rings (SSSR count). The summed E-state index contributed by atoms with van der Waals surface area (Å²) in [7, 11) is 1.65. The Morgan fingerprint density at radius 1 is 1.57 bits per heavy atom. The van der Waals surface area contributed by atoms with Crippen molar-refractivity contribution in [3.63, 3.8) is 0 Å². The second-order valence-corrected chi connectivity index (χ2v) is 3.64. The van der Waals surface area contributed by atoms with Crippen molar-refractivity contribution in [1.29, 1.82) is 0 Å². The maximum atomic E-state index is 5.20. The summed E-state index contributed by atoms with van der Waals surface area (Å²) in [5.41, 5.74) is 0.956. The number of hydrogen-bond donors (Lipinski definition) is 1. The third-order valence-corrected chi connectivity index (χ3v) is 2.24. The Bertz CT molecular complexity index is 344. The van der Waals surface area contributed by atoms with Gasteiger partial charge >= 0.3 is 0 Å². The smallest absolute Gasteiger partial charge is 0.142 e. The van der Waals surface area contributed by atoms with Crippen LogP contribution in [0.2, 0.25) is 0 Å². The van der Waals surface area contributed by atoms with Crippen molar-refractivity contribution in [3.8, 4) is 18.1 Å². The Balaban J connectivity index is 2.73. The highest BCUT2D eigenvalue weighted by Gasteiger charge is 2.01. The molecule has 0 bridgehead atoms. The van der Waals surface area contributed by atoms with Gasteiger partial charge in [-0.15, -0.1) is 12.3 Å². The van der Waals surface area contributed by atoms with Crippen molar-refractivity contribution in [1.82, 2.24) is 0 Å². The summed E-state index contributed by atoms with van der Waals surface area (Å²) in [6.45, 7) is 0.753. The lowest BCUT2D eigenvalue weighted by atomic mass is 10.3. The van der Waals surface area contributed by atoms with E-state index in [1.165, 1.54) is 0 Å². The minimum Gasteiger partial charge on any atom is -0.495 e. The number of rotatable bonds is 4. The molecule has 2 nitrogen and oxygen atoms in total. The Hall–Kier alpha value is -1.14. The molecule has 0 radical (unpaired) electrons. The van der Waals surface area contributed by atoms with E-state index in [-0.39, 0.29) is 0 Å². The van der Waals surface area contributed by atoms with Gasteiger partial charge in [-0.2, -0.15) is 0 Å². The number of terminal acetylenes is 1. The number of nitrogens with one attached hydrogen (secondary N) is 1. The predicted molar refractivity (Wildman–Crippen MR) is 62.6 cm³/mol. The molecule has 0 unspecified atom stereocenters. The molecule has 0 atom stereocenters. The van der Waals surface area contributed by atoms with Crippen molar-refractivity contribution in [2.24, 2.45) is 0 Å². The molecule has 0 aliphatic heterocycles. The molecule has 74 valence electrons. The van der Waals surface area contributed by atoms with Gasteiger partial charge in [-0.1, -0.05) is 15.9 Å². The molecule has 0 heterocycles. The molecular weight excluding hydrogens is 242 g/mol. The molecule has 0 saturated heterocycles. The summed E-state index contributed by atoms with van der Waals surface area (Å²) in [5, 5.41) is 3.21. The van der Waals surface area contributed by atoms with Crippen LogP contribution in [0.1, 0.15) is 6.42 Å². The van der Waals surface area contributed by atoms with E-state index in [0.717, 1.165) is 22.5 Å². The normalized spacial score (nSPS) is 9.21. The van der Waals surface area contributed by atoms with Gasteiger partial charge in [0.1, 0.15) is 5.75 Å². The predicted octanol–water partition coefficient (Wildman–Crippen LogP) is 2.89. The molecule has 0 saturated carbocycles. The second kappa shape index (κ2) is 5.56. The third kappa shape index (κ3) is 2.97. The zero-order valence-electron chi connectivity index (χ0n) is 8.01. The molecule has 1 N–H and O–H groups in total. The third-order valence-electron chi connectivity index (χ3n) is 1.75. The Labute approximate surface area is 92.8 Å². The van der Waals surface area contributed by atoms with Crippen LogP contribution in [-0.4, -0.2) is 13.7 Å². The average Bonchev–Trinajstić information content (AvgIpc) is 2.19. The van der Waals surface area contributed by atoms with E-state index >= 15 is 0 Å². The van der Waals surface area contributed by atoms with E-state index in [2.05, 4.69) is 27.2 Å². The van der Waals surface area contributed by atoms with Gasteiger partial charge in [0.15, 0.2) is 0 Å². The van der Waals surface area contributed by atoms with E-state index in [9.17, 15) is 0 Å². The largest absolute Gasteiger partial charge is 0.495 e. The zero-order valence-corrected chi connectivity index (χ0v) is 9.60. The van der Waals surface area contributed by atoms with Crippen molar-refractivity contribution < 1.29 is 4.74 Å². The topological polar surface area (TPSA) is 21.3 Å². The van der Waals surface area contributed by atoms with E-state index in [1.807, 2.05) is 18.2 Å². The number of ether oxygens (including phenoxy) is 1. The first kappa shape index (κ1) is 10.9. The standard InChI is InChI=1S/C11H12BrNO/c1-3-4-7-13-10-8-9(12)5-6-11(10)14-2/h1,5-6,8,13H,4,7H2,2H3. The van der Waals surface area contributed by atoms with Crippen LogP contribution in [0.25, 0.3) is 0 Å². The second-order valence-electron chi connectivity index (χ2n) is 2.73. The first-order chi connectivity index (χ1) is 6.77. The fraction of sp³-hybridized carbons (Fsp3) is 0.273. The van der Waals surface area contributed by atoms with Crippen LogP contribution in [-0.2, 0) is 0 Å². The quantitative estimate of drug-likeness (QED) is 0.659. The zero-order chi connectivity index (χ0) is 10.4. The maximum absolute atomic E-state index is 5.20. The fourth-order valence-electron chi connectivity index (χ4n) is 1.09. The van der Waals surface area contributed by atoms with Gasteiger partial charge in [-0.25, -0.2) is 0 Å². The summed E-state index contributed by atoms with van der Waals surface area (Å²) in [6, 6.07) is 5.81. The van der Waals surface area contributed by atoms with E-state index < -0.39 is 0 Å². The molecule has 1 aromatic carbocycles. The lowest BCUT2D eigenvalue weighted by molar-refractivity contribution is 0.416.